The van der Waals surface area contributed by atoms with E-state index in [2.05, 4.69) is 0 Å². The Kier molecular flexibility index (Phi) is 9.14. The molecule has 2 aromatic rings. The van der Waals surface area contributed by atoms with Gasteiger partial charge in [-0.25, -0.2) is 9.13 Å². The summed E-state index contributed by atoms with van der Waals surface area (Å²) >= 11 is 0. The van der Waals surface area contributed by atoms with E-state index in [4.69, 9.17) is 9.05 Å². The van der Waals surface area contributed by atoms with Crippen molar-refractivity contribution in [2.24, 2.45) is 0 Å². The van der Waals surface area contributed by atoms with Crippen LogP contribution >= 0.6 is 15.6 Å². The molecule has 0 spiro atoms. The van der Waals surface area contributed by atoms with Gasteiger partial charge in [0.1, 0.15) is 11.5 Å². The largest absolute Gasteiger partial charge is 0.524 e. The molecule has 0 aliphatic rings. The number of phosphoric acid groups is 2. The smallest absolute Gasteiger partial charge is 0.404 e. The predicted octanol–water partition coefficient (Wildman–Crippen LogP) is 7.41. The minimum Gasteiger partial charge on any atom is -0.404 e. The first kappa shape index (κ1) is 33.5. The van der Waals surface area contributed by atoms with Gasteiger partial charge in [0.25, 0.3) is 0 Å². The summed E-state index contributed by atoms with van der Waals surface area (Å²) in [4.78, 5) is 39.4. The van der Waals surface area contributed by atoms with Crippen LogP contribution in [-0.2, 0) is 37.2 Å². The van der Waals surface area contributed by atoms with Crippen molar-refractivity contribution < 1.29 is 37.8 Å². The number of phosphoric ester groups is 2. The van der Waals surface area contributed by atoms with Gasteiger partial charge in [-0.3, -0.25) is 19.6 Å². The van der Waals surface area contributed by atoms with Crippen LogP contribution in [0.5, 0.6) is 11.5 Å². The Hall–Kier alpha value is -1.66. The SMILES string of the molecule is CC(C)(C)c1cc(Cc2cc(C(C)(C)C)cc(C(C)(C)C)c2OP(=O)(O)O)c(OP(=O)(O)O)c(C(C)(C)C)c1. The van der Waals surface area contributed by atoms with Crippen LogP contribution in [0.2, 0.25) is 0 Å². The monoisotopic (exact) mass is 584 g/mol. The summed E-state index contributed by atoms with van der Waals surface area (Å²) in [7, 11) is -9.89. The van der Waals surface area contributed by atoms with Crippen molar-refractivity contribution in [2.45, 2.75) is 111 Å². The zero-order chi connectivity index (χ0) is 30.6. The molecular formula is C29H46O8P2. The summed E-state index contributed by atoms with van der Waals surface area (Å²) in [6.07, 6.45) is 0.0602. The van der Waals surface area contributed by atoms with Gasteiger partial charge in [0.05, 0.1) is 0 Å². The van der Waals surface area contributed by atoms with Crippen molar-refractivity contribution >= 4 is 15.6 Å². The highest BCUT2D eigenvalue weighted by molar-refractivity contribution is 7.47. The van der Waals surface area contributed by atoms with Gasteiger partial charge in [0, 0.05) is 17.5 Å². The average molecular weight is 585 g/mol. The fourth-order valence-corrected chi connectivity index (χ4v) is 5.19. The highest BCUT2D eigenvalue weighted by Crippen LogP contribution is 2.50. The van der Waals surface area contributed by atoms with Crippen molar-refractivity contribution in [3.8, 4) is 11.5 Å². The molecule has 8 nitrogen and oxygen atoms in total. The maximum atomic E-state index is 12.1. The minimum atomic E-state index is -4.94. The molecule has 0 saturated carbocycles. The van der Waals surface area contributed by atoms with Crippen molar-refractivity contribution in [3.63, 3.8) is 0 Å². The standard InChI is InChI=1S/C29H46O8P2/c1-26(2,3)20-14-18(24(36-38(30,31)32)22(16-20)28(7,8)9)13-19-15-21(27(4,5)6)17-23(29(10,11)12)25(19)37-39(33,34)35/h14-17H,13H2,1-12H3,(H2,30,31,32)(H2,33,34,35). The molecule has 10 heteroatoms. The quantitative estimate of drug-likeness (QED) is 0.258. The third-order valence-corrected chi connectivity index (χ3v) is 7.32. The molecule has 0 aromatic heterocycles. The third kappa shape index (κ3) is 9.18. The summed E-state index contributed by atoms with van der Waals surface area (Å²) in [6, 6.07) is 7.52. The molecule has 0 saturated heterocycles. The average Bonchev–Trinajstić information content (AvgIpc) is 2.64. The Morgan fingerprint density at radius 3 is 1.03 bits per heavy atom. The molecule has 2 rings (SSSR count). The summed E-state index contributed by atoms with van der Waals surface area (Å²) in [5, 5.41) is 0. The maximum absolute atomic E-state index is 12.1. The Morgan fingerprint density at radius 1 is 0.538 bits per heavy atom. The van der Waals surface area contributed by atoms with Gasteiger partial charge in [-0.05, 0) is 43.9 Å². The van der Waals surface area contributed by atoms with E-state index in [9.17, 15) is 28.7 Å². The lowest BCUT2D eigenvalue weighted by molar-refractivity contribution is 0.278. The predicted molar refractivity (Wildman–Crippen MR) is 156 cm³/mol. The Bertz CT molecular complexity index is 1210. The van der Waals surface area contributed by atoms with Gasteiger partial charge >= 0.3 is 15.6 Å². The molecule has 39 heavy (non-hydrogen) atoms. The van der Waals surface area contributed by atoms with E-state index in [-0.39, 0.29) is 28.7 Å². The van der Waals surface area contributed by atoms with Crippen LogP contribution in [0.4, 0.5) is 0 Å². The lowest BCUT2D eigenvalue weighted by atomic mass is 9.76. The molecule has 0 atom stereocenters. The number of rotatable bonds is 6. The second-order valence-electron chi connectivity index (χ2n) is 14.4. The summed E-state index contributed by atoms with van der Waals surface area (Å²) in [5.74, 6) is 0.119. The molecule has 4 N–H and O–H groups in total. The van der Waals surface area contributed by atoms with E-state index in [1.807, 2.05) is 107 Å². The second kappa shape index (κ2) is 10.6. The first-order valence-corrected chi connectivity index (χ1v) is 16.0. The van der Waals surface area contributed by atoms with E-state index >= 15 is 0 Å². The molecule has 220 valence electrons. The van der Waals surface area contributed by atoms with Gasteiger partial charge in [0.2, 0.25) is 0 Å². The zero-order valence-corrected chi connectivity index (χ0v) is 27.1. The lowest BCUT2D eigenvalue weighted by Gasteiger charge is -2.31. The summed E-state index contributed by atoms with van der Waals surface area (Å²) in [5.41, 5.74) is 2.40. The lowest BCUT2D eigenvalue weighted by Crippen LogP contribution is -2.20. The second-order valence-corrected chi connectivity index (χ2v) is 16.7. The normalized spacial score (nSPS) is 13.9. The molecule has 0 aliphatic heterocycles. The highest BCUT2D eigenvalue weighted by atomic mass is 31.2. The van der Waals surface area contributed by atoms with Crippen LogP contribution in [0.1, 0.15) is 116 Å². The van der Waals surface area contributed by atoms with Crippen molar-refractivity contribution in [1.29, 1.82) is 0 Å². The molecule has 0 bridgehead atoms. The van der Waals surface area contributed by atoms with E-state index in [1.165, 1.54) is 0 Å². The van der Waals surface area contributed by atoms with Crippen molar-refractivity contribution in [1.82, 2.24) is 0 Å². The van der Waals surface area contributed by atoms with Gasteiger partial charge in [-0.15, -0.1) is 0 Å². The van der Waals surface area contributed by atoms with Crippen molar-refractivity contribution in [3.05, 3.63) is 57.6 Å². The van der Waals surface area contributed by atoms with E-state index in [0.717, 1.165) is 11.1 Å². The third-order valence-electron chi connectivity index (χ3n) is 6.48. The fraction of sp³-hybridized carbons (Fsp3) is 0.586. The number of benzene rings is 2. The van der Waals surface area contributed by atoms with Crippen LogP contribution in [-0.4, -0.2) is 19.6 Å². The molecule has 2 aromatic carbocycles. The van der Waals surface area contributed by atoms with E-state index in [0.29, 0.717) is 22.3 Å². The topological polar surface area (TPSA) is 134 Å². The zero-order valence-electron chi connectivity index (χ0n) is 25.3. The van der Waals surface area contributed by atoms with Crippen LogP contribution in [0.3, 0.4) is 0 Å². The van der Waals surface area contributed by atoms with E-state index in [1.54, 1.807) is 0 Å². The van der Waals surface area contributed by atoms with Gasteiger partial charge < -0.3 is 9.05 Å². The van der Waals surface area contributed by atoms with Crippen LogP contribution in [0.15, 0.2) is 24.3 Å². The Morgan fingerprint density at radius 2 is 0.821 bits per heavy atom. The first-order valence-electron chi connectivity index (χ1n) is 13.0. The van der Waals surface area contributed by atoms with Crippen LogP contribution < -0.4 is 9.05 Å². The summed E-state index contributed by atoms with van der Waals surface area (Å²) in [6.45, 7) is 23.9. The number of hydrogen-bond donors (Lipinski definition) is 4. The summed E-state index contributed by atoms with van der Waals surface area (Å²) < 4.78 is 35.0. The van der Waals surface area contributed by atoms with Crippen LogP contribution in [0.25, 0.3) is 0 Å². The minimum absolute atomic E-state index is 0.0597. The Labute approximate surface area is 233 Å². The number of hydrogen-bond acceptors (Lipinski definition) is 4. The Balaban J connectivity index is 3.08. The molecule has 0 heterocycles. The molecular weight excluding hydrogens is 538 g/mol. The fourth-order valence-electron chi connectivity index (χ4n) is 4.28. The molecule has 0 unspecified atom stereocenters. The van der Waals surface area contributed by atoms with Crippen molar-refractivity contribution in [2.75, 3.05) is 0 Å². The van der Waals surface area contributed by atoms with Gasteiger partial charge in [-0.1, -0.05) is 107 Å². The van der Waals surface area contributed by atoms with Crippen LogP contribution in [0, 0.1) is 0 Å². The molecule has 0 fully saturated rings. The molecule has 0 aliphatic carbocycles. The first-order chi connectivity index (χ1) is 17.1. The maximum Gasteiger partial charge on any atom is 0.524 e. The van der Waals surface area contributed by atoms with Gasteiger partial charge in [0.15, 0.2) is 0 Å². The van der Waals surface area contributed by atoms with Gasteiger partial charge in [-0.2, -0.15) is 0 Å². The van der Waals surface area contributed by atoms with E-state index < -0.39 is 26.5 Å². The highest BCUT2D eigenvalue weighted by Gasteiger charge is 2.33. The molecule has 0 amide bonds. The molecule has 0 radical (unpaired) electrons.